The number of hydrogen-bond donors (Lipinski definition) is 1. The van der Waals surface area contributed by atoms with E-state index in [0.29, 0.717) is 11.5 Å². The van der Waals surface area contributed by atoms with Crippen LogP contribution in [0.2, 0.25) is 0 Å². The minimum atomic E-state index is -4.68. The predicted octanol–water partition coefficient (Wildman–Crippen LogP) is 3.78. The number of nitrogens with one attached hydrogen (secondary N) is 1. The van der Waals surface area contributed by atoms with Crippen LogP contribution in [-0.2, 0) is 40.7 Å². The lowest BCUT2D eigenvalue weighted by atomic mass is 9.97. The molecule has 0 saturated heterocycles. The maximum Gasteiger partial charge on any atom is 0.340 e. The molecule has 0 fully saturated rings. The van der Waals surface area contributed by atoms with Gasteiger partial charge in [0, 0.05) is 6.26 Å². The number of carbonyl (C=O) groups excluding carboxylic acids is 2. The first-order chi connectivity index (χ1) is 16.4. The van der Waals surface area contributed by atoms with E-state index in [4.69, 9.17) is 9.57 Å². The Kier molecular flexibility index (Phi) is 9.09. The maximum atomic E-state index is 13.0. The summed E-state index contributed by atoms with van der Waals surface area (Å²) in [5.74, 6) is -2.23. The molecular weight excluding hydrogens is 506 g/mol. The van der Waals surface area contributed by atoms with Gasteiger partial charge in [-0.1, -0.05) is 44.2 Å². The SMILES string of the molecule is CC(C)Cc1ccc(C(C)C(=O)ONS(=O)(=O)c2cccc(C(=O)OC(C)(C)C)c2S(C)(=O)=O)cc1. The first-order valence-corrected chi connectivity index (χ1v) is 14.7. The number of esters is 1. The van der Waals surface area contributed by atoms with E-state index in [0.717, 1.165) is 30.4 Å². The second-order valence-corrected chi connectivity index (χ2v) is 13.5. The molecule has 0 heterocycles. The fourth-order valence-corrected chi connectivity index (χ4v) is 6.04. The van der Waals surface area contributed by atoms with Gasteiger partial charge in [-0.2, -0.15) is 0 Å². The molecule has 1 N–H and O–H groups in total. The van der Waals surface area contributed by atoms with Crippen molar-refractivity contribution < 1.29 is 36.0 Å². The first kappa shape index (κ1) is 29.5. The van der Waals surface area contributed by atoms with Gasteiger partial charge in [-0.05, 0) is 68.2 Å². The van der Waals surface area contributed by atoms with Crippen molar-refractivity contribution in [1.29, 1.82) is 0 Å². The Morgan fingerprint density at radius 2 is 1.53 bits per heavy atom. The average molecular weight is 540 g/mol. The maximum absolute atomic E-state index is 13.0. The van der Waals surface area contributed by atoms with Crippen molar-refractivity contribution in [2.45, 2.75) is 69.3 Å². The van der Waals surface area contributed by atoms with Crippen molar-refractivity contribution in [1.82, 2.24) is 4.89 Å². The molecule has 2 aromatic rings. The Morgan fingerprint density at radius 3 is 2.03 bits per heavy atom. The fourth-order valence-electron chi connectivity index (χ4n) is 3.38. The van der Waals surface area contributed by atoms with Gasteiger partial charge in [-0.25, -0.2) is 26.4 Å². The van der Waals surface area contributed by atoms with Gasteiger partial charge in [0.05, 0.1) is 11.5 Å². The van der Waals surface area contributed by atoms with Crippen molar-refractivity contribution in [2.75, 3.05) is 6.26 Å². The summed E-state index contributed by atoms with van der Waals surface area (Å²) in [5.41, 5.74) is 0.331. The highest BCUT2D eigenvalue weighted by Gasteiger charge is 2.32. The lowest BCUT2D eigenvalue weighted by molar-refractivity contribution is -0.148. The van der Waals surface area contributed by atoms with Crippen LogP contribution in [0, 0.1) is 5.92 Å². The molecule has 198 valence electrons. The van der Waals surface area contributed by atoms with Gasteiger partial charge in [0.2, 0.25) is 0 Å². The molecule has 0 aliphatic rings. The van der Waals surface area contributed by atoms with Crippen LogP contribution in [0.15, 0.2) is 52.3 Å². The Labute approximate surface area is 213 Å². The number of sulfonamides is 1. The molecule has 0 radical (unpaired) electrons. The molecule has 2 rings (SSSR count). The zero-order valence-electron chi connectivity index (χ0n) is 21.5. The molecule has 0 spiro atoms. The zero-order chi connectivity index (χ0) is 27.5. The van der Waals surface area contributed by atoms with Gasteiger partial charge < -0.3 is 9.57 Å². The molecule has 1 atom stereocenters. The van der Waals surface area contributed by atoms with E-state index in [1.54, 1.807) is 44.7 Å². The molecule has 36 heavy (non-hydrogen) atoms. The topological polar surface area (TPSA) is 133 Å². The van der Waals surface area contributed by atoms with Gasteiger partial charge in [-0.15, -0.1) is 0 Å². The second kappa shape index (κ2) is 11.1. The van der Waals surface area contributed by atoms with Gasteiger partial charge in [-0.3, -0.25) is 0 Å². The van der Waals surface area contributed by atoms with Crippen molar-refractivity contribution in [2.24, 2.45) is 5.92 Å². The quantitative estimate of drug-likeness (QED) is 0.376. The molecule has 11 heteroatoms. The summed E-state index contributed by atoms with van der Waals surface area (Å²) in [4.78, 5) is 30.2. The van der Waals surface area contributed by atoms with E-state index in [1.807, 2.05) is 12.1 Å². The predicted molar refractivity (Wildman–Crippen MR) is 135 cm³/mol. The summed E-state index contributed by atoms with van der Waals surface area (Å²) in [6, 6.07) is 10.7. The summed E-state index contributed by atoms with van der Waals surface area (Å²) in [7, 11) is -8.90. The van der Waals surface area contributed by atoms with E-state index in [1.165, 1.54) is 6.07 Å². The monoisotopic (exact) mass is 539 g/mol. The summed E-state index contributed by atoms with van der Waals surface area (Å²) >= 11 is 0. The zero-order valence-corrected chi connectivity index (χ0v) is 23.1. The molecule has 0 aliphatic heterocycles. The number of ether oxygens (including phenoxy) is 1. The lowest BCUT2D eigenvalue weighted by Crippen LogP contribution is -2.31. The number of rotatable bonds is 9. The van der Waals surface area contributed by atoms with Crippen molar-refractivity contribution in [3.8, 4) is 0 Å². The van der Waals surface area contributed by atoms with Gasteiger partial charge in [0.1, 0.15) is 15.4 Å². The number of benzene rings is 2. The van der Waals surface area contributed by atoms with Gasteiger partial charge in [0.25, 0.3) is 10.0 Å². The number of carbonyl (C=O) groups is 2. The summed E-state index contributed by atoms with van der Waals surface area (Å²) in [6.07, 6.45) is 1.65. The standard InChI is InChI=1S/C25H33NO8S2/c1-16(2)15-18-11-13-19(14-12-18)17(3)23(27)34-26-36(31,32)21-10-8-9-20(22(21)35(7,29)30)24(28)33-25(4,5)6/h8-14,16-17,26H,15H2,1-7H3. The lowest BCUT2D eigenvalue weighted by Gasteiger charge is -2.21. The van der Waals surface area contributed by atoms with E-state index >= 15 is 0 Å². The third kappa shape index (κ3) is 7.87. The highest BCUT2D eigenvalue weighted by atomic mass is 32.2. The average Bonchev–Trinajstić information content (AvgIpc) is 2.75. The Balaban J connectivity index is 2.30. The van der Waals surface area contributed by atoms with Crippen LogP contribution >= 0.6 is 0 Å². The van der Waals surface area contributed by atoms with E-state index in [2.05, 4.69) is 13.8 Å². The normalized spacial score (nSPS) is 13.3. The Hall–Kier alpha value is -2.76. The summed E-state index contributed by atoms with van der Waals surface area (Å²) in [5, 5.41) is 0. The summed E-state index contributed by atoms with van der Waals surface area (Å²) < 4.78 is 56.2. The molecule has 1 unspecified atom stereocenters. The fraction of sp³-hybridized carbons (Fsp3) is 0.440. The van der Waals surface area contributed by atoms with Crippen molar-refractivity contribution >= 4 is 31.8 Å². The molecule has 0 bridgehead atoms. The van der Waals surface area contributed by atoms with E-state index < -0.39 is 58.7 Å². The third-order valence-corrected chi connectivity index (χ3v) is 7.52. The third-order valence-electron chi connectivity index (χ3n) is 4.99. The van der Waals surface area contributed by atoms with Crippen molar-refractivity contribution in [3.05, 3.63) is 59.2 Å². The van der Waals surface area contributed by atoms with Crippen LogP contribution in [0.25, 0.3) is 0 Å². The van der Waals surface area contributed by atoms with Crippen LogP contribution < -0.4 is 4.89 Å². The van der Waals surface area contributed by atoms with Gasteiger partial charge >= 0.3 is 11.9 Å². The Bertz CT molecular complexity index is 1320. The first-order valence-electron chi connectivity index (χ1n) is 11.3. The molecule has 0 aromatic heterocycles. The molecule has 0 amide bonds. The molecule has 9 nitrogen and oxygen atoms in total. The van der Waals surface area contributed by atoms with Crippen LogP contribution in [0.5, 0.6) is 0 Å². The second-order valence-electron chi connectivity index (χ2n) is 9.98. The smallest absolute Gasteiger partial charge is 0.340 e. The number of hydrogen-bond acceptors (Lipinski definition) is 8. The van der Waals surface area contributed by atoms with E-state index in [-0.39, 0.29) is 0 Å². The number of sulfone groups is 1. The van der Waals surface area contributed by atoms with Crippen LogP contribution in [-0.4, -0.2) is 40.6 Å². The van der Waals surface area contributed by atoms with E-state index in [9.17, 15) is 26.4 Å². The van der Waals surface area contributed by atoms with Crippen LogP contribution in [0.4, 0.5) is 0 Å². The van der Waals surface area contributed by atoms with Crippen LogP contribution in [0.3, 0.4) is 0 Å². The minimum Gasteiger partial charge on any atom is -0.456 e. The minimum absolute atomic E-state index is 0.448. The Morgan fingerprint density at radius 1 is 0.944 bits per heavy atom. The molecule has 0 saturated carbocycles. The largest absolute Gasteiger partial charge is 0.456 e. The summed E-state index contributed by atoms with van der Waals surface area (Å²) in [6.45, 7) is 10.5. The van der Waals surface area contributed by atoms with Crippen LogP contribution in [0.1, 0.15) is 68.9 Å². The molecule has 2 aromatic carbocycles. The van der Waals surface area contributed by atoms with Crippen molar-refractivity contribution in [3.63, 3.8) is 0 Å². The molecule has 0 aliphatic carbocycles. The highest BCUT2D eigenvalue weighted by Crippen LogP contribution is 2.27. The molecular formula is C25H33NO8S2. The highest BCUT2D eigenvalue weighted by molar-refractivity contribution is 7.93. The van der Waals surface area contributed by atoms with Gasteiger partial charge in [0.15, 0.2) is 9.84 Å².